The lowest BCUT2D eigenvalue weighted by Crippen LogP contribution is -2.51. The Bertz CT molecular complexity index is 912. The maximum atomic E-state index is 12.7. The van der Waals surface area contributed by atoms with Crippen LogP contribution < -0.4 is 9.47 Å². The summed E-state index contributed by atoms with van der Waals surface area (Å²) in [5, 5.41) is 0.759. The predicted molar refractivity (Wildman–Crippen MR) is 112 cm³/mol. The molecule has 1 aliphatic rings. The first kappa shape index (κ1) is 21.3. The van der Waals surface area contributed by atoms with Gasteiger partial charge in [0.05, 0.1) is 30.7 Å². The molecule has 0 aliphatic carbocycles. The number of piperazine rings is 1. The van der Waals surface area contributed by atoms with E-state index in [9.17, 15) is 9.59 Å². The summed E-state index contributed by atoms with van der Waals surface area (Å²) in [7, 11) is 3.13. The van der Waals surface area contributed by atoms with Gasteiger partial charge in [0.25, 0.3) is 5.91 Å². The highest BCUT2D eigenvalue weighted by molar-refractivity contribution is 6.42. The molecule has 154 valence electrons. The zero-order valence-corrected chi connectivity index (χ0v) is 17.8. The van der Waals surface area contributed by atoms with Crippen LogP contribution in [0.3, 0.4) is 0 Å². The van der Waals surface area contributed by atoms with Crippen LogP contribution in [-0.2, 0) is 11.2 Å². The molecular weight excluding hydrogens is 415 g/mol. The number of hydrogen-bond acceptors (Lipinski definition) is 4. The number of ether oxygens (including phenoxy) is 2. The van der Waals surface area contributed by atoms with Gasteiger partial charge in [-0.2, -0.15) is 0 Å². The molecule has 1 fully saturated rings. The van der Waals surface area contributed by atoms with E-state index in [0.29, 0.717) is 53.3 Å². The van der Waals surface area contributed by atoms with Gasteiger partial charge in [0.1, 0.15) is 0 Å². The van der Waals surface area contributed by atoms with E-state index in [-0.39, 0.29) is 18.2 Å². The van der Waals surface area contributed by atoms with Gasteiger partial charge in [-0.05, 0) is 35.9 Å². The minimum absolute atomic E-state index is 0.0128. The van der Waals surface area contributed by atoms with Gasteiger partial charge < -0.3 is 19.3 Å². The summed E-state index contributed by atoms with van der Waals surface area (Å²) < 4.78 is 10.5. The Labute approximate surface area is 179 Å². The maximum absolute atomic E-state index is 12.7. The molecule has 0 unspecified atom stereocenters. The lowest BCUT2D eigenvalue weighted by Gasteiger charge is -2.35. The molecular formula is C21H22Cl2N2O4. The monoisotopic (exact) mass is 436 g/mol. The number of carbonyl (C=O) groups excluding carboxylic acids is 2. The number of amides is 2. The van der Waals surface area contributed by atoms with E-state index in [1.54, 1.807) is 54.4 Å². The Kier molecular flexibility index (Phi) is 6.87. The van der Waals surface area contributed by atoms with Crippen molar-refractivity contribution in [2.24, 2.45) is 0 Å². The average Bonchev–Trinajstić information content (AvgIpc) is 2.75. The van der Waals surface area contributed by atoms with Crippen molar-refractivity contribution < 1.29 is 19.1 Å². The zero-order chi connectivity index (χ0) is 21.0. The van der Waals surface area contributed by atoms with Gasteiger partial charge >= 0.3 is 0 Å². The summed E-state index contributed by atoms with van der Waals surface area (Å²) in [5.41, 5.74) is 1.34. The Morgan fingerprint density at radius 3 is 2.14 bits per heavy atom. The minimum atomic E-state index is -0.115. The van der Waals surface area contributed by atoms with Crippen molar-refractivity contribution in [3.8, 4) is 11.5 Å². The molecule has 3 rings (SSSR count). The SMILES string of the molecule is COc1ccc(CC(=O)N2CCN(C(=O)c3ccc(Cl)c(Cl)c3)CC2)cc1OC. The molecule has 0 radical (unpaired) electrons. The fourth-order valence-corrected chi connectivity index (χ4v) is 3.55. The summed E-state index contributed by atoms with van der Waals surface area (Å²) in [5.74, 6) is 1.11. The van der Waals surface area contributed by atoms with Gasteiger partial charge in [0.2, 0.25) is 5.91 Å². The van der Waals surface area contributed by atoms with E-state index < -0.39 is 0 Å². The lowest BCUT2D eigenvalue weighted by molar-refractivity contribution is -0.131. The standard InChI is InChI=1S/C21H22Cl2N2O4/c1-28-18-6-3-14(11-19(18)29-2)12-20(26)24-7-9-25(10-8-24)21(27)15-4-5-16(22)17(23)13-15/h3-6,11,13H,7-10,12H2,1-2H3. The molecule has 0 bridgehead atoms. The molecule has 0 spiro atoms. The third kappa shape index (κ3) is 4.95. The molecule has 8 heteroatoms. The molecule has 2 aromatic carbocycles. The summed E-state index contributed by atoms with van der Waals surface area (Å²) in [6, 6.07) is 10.3. The minimum Gasteiger partial charge on any atom is -0.493 e. The predicted octanol–water partition coefficient (Wildman–Crippen LogP) is 3.54. The molecule has 0 atom stereocenters. The second-order valence-corrected chi connectivity index (χ2v) is 7.48. The Hall–Kier alpha value is -2.44. The van der Waals surface area contributed by atoms with Crippen molar-refractivity contribution in [1.82, 2.24) is 9.80 Å². The van der Waals surface area contributed by atoms with E-state index in [0.717, 1.165) is 5.56 Å². The van der Waals surface area contributed by atoms with Crippen LogP contribution in [0.15, 0.2) is 36.4 Å². The normalized spacial score (nSPS) is 13.9. The molecule has 1 heterocycles. The highest BCUT2D eigenvalue weighted by atomic mass is 35.5. The second kappa shape index (κ2) is 9.37. The van der Waals surface area contributed by atoms with E-state index in [2.05, 4.69) is 0 Å². The van der Waals surface area contributed by atoms with Crippen LogP contribution in [0.2, 0.25) is 10.0 Å². The van der Waals surface area contributed by atoms with Crippen molar-refractivity contribution in [1.29, 1.82) is 0 Å². The molecule has 0 N–H and O–H groups in total. The Morgan fingerprint density at radius 1 is 0.862 bits per heavy atom. The smallest absolute Gasteiger partial charge is 0.254 e. The molecule has 1 aliphatic heterocycles. The fourth-order valence-electron chi connectivity index (χ4n) is 3.25. The third-order valence-electron chi connectivity index (χ3n) is 4.89. The Morgan fingerprint density at radius 2 is 1.52 bits per heavy atom. The number of methoxy groups -OCH3 is 2. The van der Waals surface area contributed by atoms with Crippen molar-refractivity contribution in [3.05, 3.63) is 57.6 Å². The number of nitrogens with zero attached hydrogens (tertiary/aromatic N) is 2. The first-order chi connectivity index (χ1) is 13.9. The number of benzene rings is 2. The van der Waals surface area contributed by atoms with Crippen molar-refractivity contribution >= 4 is 35.0 Å². The quantitative estimate of drug-likeness (QED) is 0.718. The van der Waals surface area contributed by atoms with Gasteiger partial charge in [-0.25, -0.2) is 0 Å². The molecule has 6 nitrogen and oxygen atoms in total. The van der Waals surface area contributed by atoms with E-state index in [1.807, 2.05) is 6.07 Å². The summed E-state index contributed by atoms with van der Waals surface area (Å²) in [6.07, 6.45) is 0.265. The van der Waals surface area contributed by atoms with Crippen LogP contribution in [0, 0.1) is 0 Å². The van der Waals surface area contributed by atoms with Crippen LogP contribution in [0.25, 0.3) is 0 Å². The largest absolute Gasteiger partial charge is 0.493 e. The molecule has 0 aromatic heterocycles. The molecule has 2 aromatic rings. The van der Waals surface area contributed by atoms with E-state index >= 15 is 0 Å². The highest BCUT2D eigenvalue weighted by Crippen LogP contribution is 2.28. The molecule has 1 saturated heterocycles. The summed E-state index contributed by atoms with van der Waals surface area (Å²) in [4.78, 5) is 28.8. The van der Waals surface area contributed by atoms with Crippen LogP contribution in [0.5, 0.6) is 11.5 Å². The van der Waals surface area contributed by atoms with Crippen molar-refractivity contribution in [2.45, 2.75) is 6.42 Å². The van der Waals surface area contributed by atoms with E-state index in [4.69, 9.17) is 32.7 Å². The number of halogens is 2. The highest BCUT2D eigenvalue weighted by Gasteiger charge is 2.25. The maximum Gasteiger partial charge on any atom is 0.254 e. The van der Waals surface area contributed by atoms with Crippen molar-refractivity contribution in [2.75, 3.05) is 40.4 Å². The first-order valence-electron chi connectivity index (χ1n) is 9.16. The first-order valence-corrected chi connectivity index (χ1v) is 9.91. The third-order valence-corrected chi connectivity index (χ3v) is 5.63. The van der Waals surface area contributed by atoms with Crippen molar-refractivity contribution in [3.63, 3.8) is 0 Å². The Balaban J connectivity index is 1.58. The zero-order valence-electron chi connectivity index (χ0n) is 16.3. The van der Waals surface area contributed by atoms with Crippen LogP contribution in [-0.4, -0.2) is 62.0 Å². The summed E-state index contributed by atoms with van der Waals surface area (Å²) >= 11 is 11.9. The molecule has 29 heavy (non-hydrogen) atoms. The van der Waals surface area contributed by atoms with Gasteiger partial charge in [0.15, 0.2) is 11.5 Å². The van der Waals surface area contributed by atoms with Crippen LogP contribution >= 0.6 is 23.2 Å². The van der Waals surface area contributed by atoms with Gasteiger partial charge in [-0.1, -0.05) is 29.3 Å². The number of carbonyl (C=O) groups is 2. The number of rotatable bonds is 5. The van der Waals surface area contributed by atoms with E-state index in [1.165, 1.54) is 0 Å². The molecule has 0 saturated carbocycles. The fraction of sp³-hybridized carbons (Fsp3) is 0.333. The van der Waals surface area contributed by atoms with Gasteiger partial charge in [-0.3, -0.25) is 9.59 Å². The number of hydrogen-bond donors (Lipinski definition) is 0. The van der Waals surface area contributed by atoms with Crippen LogP contribution in [0.4, 0.5) is 0 Å². The second-order valence-electron chi connectivity index (χ2n) is 6.67. The summed E-state index contributed by atoms with van der Waals surface area (Å²) in [6.45, 7) is 1.91. The van der Waals surface area contributed by atoms with Gasteiger partial charge in [-0.15, -0.1) is 0 Å². The average molecular weight is 437 g/mol. The van der Waals surface area contributed by atoms with Crippen LogP contribution in [0.1, 0.15) is 15.9 Å². The lowest BCUT2D eigenvalue weighted by atomic mass is 10.1. The molecule has 2 amide bonds. The topological polar surface area (TPSA) is 59.1 Å². The van der Waals surface area contributed by atoms with Gasteiger partial charge in [0, 0.05) is 31.7 Å².